The van der Waals surface area contributed by atoms with Gasteiger partial charge in [-0.2, -0.15) is 8.78 Å². The number of anilines is 1. The molecule has 25 heavy (non-hydrogen) atoms. The molecule has 0 unspecified atom stereocenters. The van der Waals surface area contributed by atoms with Crippen molar-refractivity contribution in [3.05, 3.63) is 65.6 Å². The minimum atomic E-state index is -2.94. The number of nitrogens with two attached hydrogens (primary N) is 1. The first-order chi connectivity index (χ1) is 12.0. The van der Waals surface area contributed by atoms with Gasteiger partial charge in [-0.05, 0) is 29.7 Å². The Bertz CT molecular complexity index is 869. The molecule has 5 nitrogen and oxygen atoms in total. The first kappa shape index (κ1) is 16.8. The van der Waals surface area contributed by atoms with Crippen LogP contribution in [0.4, 0.5) is 14.7 Å². The molecular weight excluding hydrogens is 326 g/mol. The highest BCUT2D eigenvalue weighted by Gasteiger charge is 2.14. The lowest BCUT2D eigenvalue weighted by Gasteiger charge is -2.12. The molecule has 0 saturated heterocycles. The monoisotopic (exact) mass is 342 g/mol. The van der Waals surface area contributed by atoms with Gasteiger partial charge in [0.25, 0.3) is 0 Å². The molecule has 0 aliphatic heterocycles. The summed E-state index contributed by atoms with van der Waals surface area (Å²) >= 11 is 0. The number of nitrogens with zero attached hydrogens (tertiary/aromatic N) is 3. The maximum atomic E-state index is 12.7. The minimum absolute atomic E-state index is 0.0992. The Balaban J connectivity index is 1.98. The van der Waals surface area contributed by atoms with Crippen LogP contribution in [0.5, 0.6) is 5.88 Å². The molecule has 0 bridgehead atoms. The second-order valence-corrected chi connectivity index (χ2v) is 5.57. The number of aromatic nitrogens is 3. The van der Waals surface area contributed by atoms with E-state index in [1.54, 1.807) is 18.5 Å². The fourth-order valence-corrected chi connectivity index (χ4v) is 2.48. The van der Waals surface area contributed by atoms with Gasteiger partial charge in [0.05, 0.1) is 0 Å². The molecule has 2 N–H and O–H groups in total. The number of halogens is 2. The second kappa shape index (κ2) is 7.21. The molecular formula is C18H16F2N4O. The third-order valence-corrected chi connectivity index (χ3v) is 3.57. The topological polar surface area (TPSA) is 73.9 Å². The van der Waals surface area contributed by atoms with Gasteiger partial charge in [0.15, 0.2) is 0 Å². The van der Waals surface area contributed by atoms with E-state index in [0.717, 1.165) is 22.3 Å². The molecule has 0 fully saturated rings. The smallest absolute Gasteiger partial charge is 0.388 e. The first-order valence-electron chi connectivity index (χ1n) is 7.58. The van der Waals surface area contributed by atoms with E-state index in [1.807, 2.05) is 31.2 Å². The van der Waals surface area contributed by atoms with E-state index >= 15 is 0 Å². The van der Waals surface area contributed by atoms with Crippen molar-refractivity contribution >= 4 is 5.95 Å². The van der Waals surface area contributed by atoms with E-state index in [0.29, 0.717) is 12.0 Å². The van der Waals surface area contributed by atoms with Crippen molar-refractivity contribution in [1.29, 1.82) is 0 Å². The number of pyridine rings is 1. The van der Waals surface area contributed by atoms with Crippen molar-refractivity contribution in [2.45, 2.75) is 20.0 Å². The number of ether oxygens (including phenoxy) is 1. The Labute approximate surface area is 143 Å². The van der Waals surface area contributed by atoms with Gasteiger partial charge in [-0.1, -0.05) is 29.8 Å². The van der Waals surface area contributed by atoms with Gasteiger partial charge in [-0.3, -0.25) is 0 Å². The minimum Gasteiger partial charge on any atom is -0.416 e. The van der Waals surface area contributed by atoms with Crippen LogP contribution in [0.25, 0.3) is 11.1 Å². The number of rotatable bonds is 5. The maximum absolute atomic E-state index is 12.7. The highest BCUT2D eigenvalue weighted by molar-refractivity contribution is 5.69. The normalized spacial score (nSPS) is 10.9. The van der Waals surface area contributed by atoms with Crippen molar-refractivity contribution in [3.8, 4) is 17.0 Å². The Morgan fingerprint density at radius 2 is 1.76 bits per heavy atom. The number of benzene rings is 1. The van der Waals surface area contributed by atoms with Crippen molar-refractivity contribution in [2.75, 3.05) is 5.73 Å². The molecule has 1 aromatic carbocycles. The molecule has 3 aromatic rings. The van der Waals surface area contributed by atoms with E-state index < -0.39 is 6.61 Å². The summed E-state index contributed by atoms with van der Waals surface area (Å²) < 4.78 is 30.0. The van der Waals surface area contributed by atoms with Crippen LogP contribution >= 0.6 is 0 Å². The third-order valence-electron chi connectivity index (χ3n) is 3.57. The van der Waals surface area contributed by atoms with E-state index in [4.69, 9.17) is 5.73 Å². The average molecular weight is 342 g/mol. The van der Waals surface area contributed by atoms with Gasteiger partial charge in [-0.25, -0.2) is 15.0 Å². The summed E-state index contributed by atoms with van der Waals surface area (Å²) in [7, 11) is 0. The van der Waals surface area contributed by atoms with Gasteiger partial charge >= 0.3 is 6.61 Å². The highest BCUT2D eigenvalue weighted by Crippen LogP contribution is 2.31. The van der Waals surface area contributed by atoms with E-state index in [-0.39, 0.29) is 11.8 Å². The van der Waals surface area contributed by atoms with Crippen LogP contribution in [0.3, 0.4) is 0 Å². The summed E-state index contributed by atoms with van der Waals surface area (Å²) in [6, 6.07) is 9.30. The van der Waals surface area contributed by atoms with Crippen LogP contribution in [0.15, 0.2) is 48.9 Å². The zero-order chi connectivity index (χ0) is 17.8. The summed E-state index contributed by atoms with van der Waals surface area (Å²) in [5, 5.41) is 0. The molecule has 0 spiro atoms. The Morgan fingerprint density at radius 1 is 1.04 bits per heavy atom. The third kappa shape index (κ3) is 4.26. The van der Waals surface area contributed by atoms with Gasteiger partial charge in [0.2, 0.25) is 11.8 Å². The molecule has 0 aliphatic carbocycles. The van der Waals surface area contributed by atoms with Crippen LogP contribution in [0.2, 0.25) is 0 Å². The Kier molecular flexibility index (Phi) is 4.83. The molecule has 2 heterocycles. The summed E-state index contributed by atoms with van der Waals surface area (Å²) in [6.07, 6.45) is 5.25. The second-order valence-electron chi connectivity index (χ2n) is 5.57. The number of aryl methyl sites for hydroxylation is 1. The molecule has 2 aromatic heterocycles. The number of hydrogen-bond donors (Lipinski definition) is 1. The van der Waals surface area contributed by atoms with Crippen molar-refractivity contribution < 1.29 is 13.5 Å². The van der Waals surface area contributed by atoms with Gasteiger partial charge in [0.1, 0.15) is 0 Å². The highest BCUT2D eigenvalue weighted by atomic mass is 19.3. The first-order valence-corrected chi connectivity index (χ1v) is 7.58. The van der Waals surface area contributed by atoms with Crippen LogP contribution in [0, 0.1) is 6.92 Å². The summed E-state index contributed by atoms with van der Waals surface area (Å²) in [5.41, 5.74) is 9.43. The summed E-state index contributed by atoms with van der Waals surface area (Å²) in [6.45, 7) is -1.01. The van der Waals surface area contributed by atoms with Crippen molar-refractivity contribution in [3.63, 3.8) is 0 Å². The fraction of sp³-hybridized carbons (Fsp3) is 0.167. The predicted octanol–water partition coefficient (Wildman–Crippen LogP) is 3.62. The largest absolute Gasteiger partial charge is 0.416 e. The lowest BCUT2D eigenvalue weighted by atomic mass is 10.0. The van der Waals surface area contributed by atoms with Gasteiger partial charge in [0, 0.05) is 30.6 Å². The van der Waals surface area contributed by atoms with Gasteiger partial charge in [-0.15, -0.1) is 0 Å². The van der Waals surface area contributed by atoms with Crippen LogP contribution in [-0.4, -0.2) is 21.6 Å². The van der Waals surface area contributed by atoms with Crippen LogP contribution in [0.1, 0.15) is 16.7 Å². The number of hydrogen-bond acceptors (Lipinski definition) is 5. The van der Waals surface area contributed by atoms with Crippen molar-refractivity contribution in [2.24, 2.45) is 0 Å². The van der Waals surface area contributed by atoms with Crippen LogP contribution in [-0.2, 0) is 6.42 Å². The molecule has 128 valence electrons. The zero-order valence-electron chi connectivity index (χ0n) is 13.5. The molecule has 0 saturated carbocycles. The van der Waals surface area contributed by atoms with E-state index in [9.17, 15) is 8.78 Å². The zero-order valence-corrected chi connectivity index (χ0v) is 13.5. The quantitative estimate of drug-likeness (QED) is 0.766. The Morgan fingerprint density at radius 3 is 2.44 bits per heavy atom. The lowest BCUT2D eigenvalue weighted by molar-refractivity contribution is -0.0524. The standard InChI is InChI=1S/C18H16F2N4O/c1-11-3-2-4-14(5-11)15-7-12(8-22-16(15)25-17(19)20)6-13-9-23-18(21)24-10-13/h2-5,7-10,17H,6H2,1H3,(H2,21,23,24). The van der Waals surface area contributed by atoms with Gasteiger partial charge < -0.3 is 10.5 Å². The molecule has 0 aliphatic rings. The molecule has 0 amide bonds. The Hall–Kier alpha value is -3.09. The van der Waals surface area contributed by atoms with E-state index in [2.05, 4.69) is 19.7 Å². The SMILES string of the molecule is Cc1cccc(-c2cc(Cc3cnc(N)nc3)cnc2OC(F)F)c1. The number of nitrogen functional groups attached to an aromatic ring is 1. The summed E-state index contributed by atoms with van der Waals surface area (Å²) in [4.78, 5) is 12.0. The molecule has 0 atom stereocenters. The molecule has 7 heteroatoms. The molecule has 0 radical (unpaired) electrons. The fourth-order valence-electron chi connectivity index (χ4n) is 2.48. The van der Waals surface area contributed by atoms with E-state index in [1.165, 1.54) is 6.20 Å². The summed E-state index contributed by atoms with van der Waals surface area (Å²) in [5.74, 6) is 0.0981. The average Bonchev–Trinajstić information content (AvgIpc) is 2.58. The lowest BCUT2D eigenvalue weighted by Crippen LogP contribution is -2.06. The number of alkyl halides is 2. The maximum Gasteiger partial charge on any atom is 0.388 e. The predicted molar refractivity (Wildman–Crippen MR) is 90.3 cm³/mol. The van der Waals surface area contributed by atoms with Crippen LogP contribution < -0.4 is 10.5 Å². The van der Waals surface area contributed by atoms with Crippen molar-refractivity contribution in [1.82, 2.24) is 15.0 Å². The molecule has 3 rings (SSSR count).